The molecule has 1 N–H and O–H groups in total. The van der Waals surface area contributed by atoms with E-state index >= 15 is 0 Å². The molecule has 0 aliphatic heterocycles. The fourth-order valence-corrected chi connectivity index (χ4v) is 1.57. The fraction of sp³-hybridized carbons (Fsp3) is 0.0667. The van der Waals surface area contributed by atoms with Crippen LogP contribution in [0, 0.1) is 0 Å². The van der Waals surface area contributed by atoms with Gasteiger partial charge in [0, 0.05) is 0 Å². The van der Waals surface area contributed by atoms with Crippen LogP contribution in [0.25, 0.3) is 0 Å². The molecule has 0 aliphatic rings. The molecule has 0 unspecified atom stereocenters. The van der Waals surface area contributed by atoms with E-state index in [1.54, 1.807) is 31.4 Å². The summed E-state index contributed by atoms with van der Waals surface area (Å²) >= 11 is 0. The average molecular weight is 288 g/mol. The predicted molar refractivity (Wildman–Crippen MR) is 73.0 cm³/mol. The zero-order valence-electron chi connectivity index (χ0n) is 11.1. The number of methoxy groups -OCH3 is 1. The minimum Gasteiger partial charge on any atom is -0.497 e. The lowest BCUT2D eigenvalue weighted by Gasteiger charge is -2.06. The van der Waals surface area contributed by atoms with Gasteiger partial charge in [0.05, 0.1) is 12.7 Å². The van der Waals surface area contributed by atoms with Crippen LogP contribution < -0.4 is 14.2 Å². The molecule has 0 radical (unpaired) electrons. The van der Waals surface area contributed by atoms with E-state index in [9.17, 15) is 9.59 Å². The van der Waals surface area contributed by atoms with Crippen molar-refractivity contribution in [3.8, 4) is 17.2 Å². The molecule has 0 saturated heterocycles. The van der Waals surface area contributed by atoms with Crippen molar-refractivity contribution in [2.45, 2.75) is 0 Å². The smallest absolute Gasteiger partial charge is 0.497 e. The Balaban J connectivity index is 2.03. The van der Waals surface area contributed by atoms with Crippen molar-refractivity contribution >= 4 is 12.1 Å². The molecule has 0 amide bonds. The highest BCUT2D eigenvalue weighted by Crippen LogP contribution is 2.19. The molecule has 0 aromatic heterocycles. The molecule has 0 bridgehead atoms. The van der Waals surface area contributed by atoms with E-state index in [1.807, 2.05) is 0 Å². The number of esters is 1. The first kappa shape index (κ1) is 14.4. The maximum Gasteiger partial charge on any atom is 0.511 e. The molecule has 21 heavy (non-hydrogen) atoms. The first-order valence-corrected chi connectivity index (χ1v) is 5.95. The molecule has 0 spiro atoms. The Hall–Kier alpha value is -3.02. The molecule has 2 aromatic carbocycles. The van der Waals surface area contributed by atoms with Gasteiger partial charge in [0.1, 0.15) is 17.2 Å². The van der Waals surface area contributed by atoms with Crippen LogP contribution in [0.1, 0.15) is 10.4 Å². The van der Waals surface area contributed by atoms with Crippen LogP contribution in [-0.2, 0) is 0 Å². The summed E-state index contributed by atoms with van der Waals surface area (Å²) in [5.74, 6) is 0.613. The predicted octanol–water partition coefficient (Wildman–Crippen LogP) is 2.97. The number of benzene rings is 2. The Morgan fingerprint density at radius 1 is 0.810 bits per heavy atom. The number of rotatable bonds is 4. The third-order valence-electron chi connectivity index (χ3n) is 2.57. The van der Waals surface area contributed by atoms with Crippen molar-refractivity contribution < 1.29 is 28.9 Å². The minimum atomic E-state index is -1.41. The maximum absolute atomic E-state index is 11.9. The van der Waals surface area contributed by atoms with Crippen molar-refractivity contribution in [3.63, 3.8) is 0 Å². The SMILES string of the molecule is COc1ccc(OC(=O)c2ccc(OC(=O)O)cc2)cc1. The summed E-state index contributed by atoms with van der Waals surface area (Å²) in [6, 6.07) is 12.2. The number of carboxylic acid groups (broad SMARTS) is 1. The van der Waals surface area contributed by atoms with Gasteiger partial charge >= 0.3 is 12.1 Å². The van der Waals surface area contributed by atoms with Crippen molar-refractivity contribution in [3.05, 3.63) is 54.1 Å². The molecule has 0 aliphatic carbocycles. The molecule has 2 aromatic rings. The van der Waals surface area contributed by atoms with Crippen LogP contribution >= 0.6 is 0 Å². The lowest BCUT2D eigenvalue weighted by Crippen LogP contribution is -2.09. The summed E-state index contributed by atoms with van der Waals surface area (Å²) in [4.78, 5) is 22.2. The Morgan fingerprint density at radius 2 is 1.29 bits per heavy atom. The summed E-state index contributed by atoms with van der Waals surface area (Å²) in [6.07, 6.45) is -1.41. The molecule has 6 heteroatoms. The third-order valence-corrected chi connectivity index (χ3v) is 2.57. The van der Waals surface area contributed by atoms with Crippen LogP contribution in [-0.4, -0.2) is 24.3 Å². The molecule has 108 valence electrons. The molecule has 0 saturated carbocycles. The summed E-state index contributed by atoms with van der Waals surface area (Å²) in [5, 5.41) is 8.46. The standard InChI is InChI=1S/C15H12O6/c1-19-11-6-8-12(9-7-11)20-14(16)10-2-4-13(5-3-10)21-15(17)18/h2-9H,1H3,(H,17,18). The third kappa shape index (κ3) is 3.97. The van der Waals surface area contributed by atoms with Gasteiger partial charge < -0.3 is 19.3 Å². The summed E-state index contributed by atoms with van der Waals surface area (Å²) < 4.78 is 14.6. The summed E-state index contributed by atoms with van der Waals surface area (Å²) in [5.41, 5.74) is 0.281. The average Bonchev–Trinajstić information content (AvgIpc) is 2.48. The lowest BCUT2D eigenvalue weighted by atomic mass is 10.2. The molecule has 2 rings (SSSR count). The van der Waals surface area contributed by atoms with Crippen LogP contribution in [0.15, 0.2) is 48.5 Å². The lowest BCUT2D eigenvalue weighted by molar-refractivity contribution is 0.0734. The second kappa shape index (κ2) is 6.42. The van der Waals surface area contributed by atoms with Gasteiger partial charge in [-0.3, -0.25) is 0 Å². The second-order valence-electron chi connectivity index (χ2n) is 3.96. The number of hydrogen-bond donors (Lipinski definition) is 1. The van der Waals surface area contributed by atoms with E-state index in [-0.39, 0.29) is 11.3 Å². The zero-order valence-corrected chi connectivity index (χ0v) is 11.1. The van der Waals surface area contributed by atoms with E-state index in [4.69, 9.17) is 14.6 Å². The largest absolute Gasteiger partial charge is 0.511 e. The van der Waals surface area contributed by atoms with Crippen LogP contribution in [0.5, 0.6) is 17.2 Å². The van der Waals surface area contributed by atoms with E-state index in [0.29, 0.717) is 11.5 Å². The summed E-state index contributed by atoms with van der Waals surface area (Å²) in [6.45, 7) is 0. The Bertz CT molecular complexity index is 630. The minimum absolute atomic E-state index is 0.128. The topological polar surface area (TPSA) is 82.1 Å². The fourth-order valence-electron chi connectivity index (χ4n) is 1.57. The Labute approximate surface area is 120 Å². The van der Waals surface area contributed by atoms with E-state index in [1.165, 1.54) is 24.3 Å². The van der Waals surface area contributed by atoms with Crippen LogP contribution in [0.2, 0.25) is 0 Å². The zero-order chi connectivity index (χ0) is 15.2. The highest BCUT2D eigenvalue weighted by molar-refractivity contribution is 5.91. The van der Waals surface area contributed by atoms with Gasteiger partial charge in [-0.15, -0.1) is 0 Å². The molecule has 0 fully saturated rings. The van der Waals surface area contributed by atoms with Gasteiger partial charge in [0.2, 0.25) is 0 Å². The van der Waals surface area contributed by atoms with Gasteiger partial charge in [0.15, 0.2) is 0 Å². The first-order valence-electron chi connectivity index (χ1n) is 5.95. The van der Waals surface area contributed by atoms with Gasteiger partial charge in [-0.05, 0) is 48.5 Å². The molecular formula is C15H12O6. The van der Waals surface area contributed by atoms with E-state index in [0.717, 1.165) is 0 Å². The van der Waals surface area contributed by atoms with Crippen LogP contribution in [0.4, 0.5) is 4.79 Å². The Kier molecular flexibility index (Phi) is 4.40. The van der Waals surface area contributed by atoms with Crippen molar-refractivity contribution in [2.75, 3.05) is 7.11 Å². The van der Waals surface area contributed by atoms with Gasteiger partial charge in [-0.1, -0.05) is 0 Å². The molecule has 0 heterocycles. The number of hydrogen-bond acceptors (Lipinski definition) is 5. The number of carbonyl (C=O) groups excluding carboxylic acids is 1. The molecule has 0 atom stereocenters. The number of ether oxygens (including phenoxy) is 3. The quantitative estimate of drug-likeness (QED) is 0.529. The molecule has 6 nitrogen and oxygen atoms in total. The molecular weight excluding hydrogens is 276 g/mol. The highest BCUT2D eigenvalue weighted by atomic mass is 16.7. The van der Waals surface area contributed by atoms with E-state index < -0.39 is 12.1 Å². The number of carbonyl (C=O) groups is 2. The van der Waals surface area contributed by atoms with Crippen LogP contribution in [0.3, 0.4) is 0 Å². The highest BCUT2D eigenvalue weighted by Gasteiger charge is 2.09. The summed E-state index contributed by atoms with van der Waals surface area (Å²) in [7, 11) is 1.54. The normalized spacial score (nSPS) is 9.76. The first-order chi connectivity index (χ1) is 10.1. The van der Waals surface area contributed by atoms with Gasteiger partial charge in [-0.2, -0.15) is 0 Å². The maximum atomic E-state index is 11.9. The van der Waals surface area contributed by atoms with Crippen molar-refractivity contribution in [1.82, 2.24) is 0 Å². The van der Waals surface area contributed by atoms with E-state index in [2.05, 4.69) is 4.74 Å². The van der Waals surface area contributed by atoms with Crippen molar-refractivity contribution in [2.24, 2.45) is 0 Å². The van der Waals surface area contributed by atoms with Gasteiger partial charge in [-0.25, -0.2) is 9.59 Å². The van der Waals surface area contributed by atoms with Gasteiger partial charge in [0.25, 0.3) is 0 Å². The monoisotopic (exact) mass is 288 g/mol. The van der Waals surface area contributed by atoms with Crippen molar-refractivity contribution in [1.29, 1.82) is 0 Å². The second-order valence-corrected chi connectivity index (χ2v) is 3.96. The Morgan fingerprint density at radius 3 is 1.81 bits per heavy atom.